The van der Waals surface area contributed by atoms with E-state index in [0.29, 0.717) is 12.2 Å². The van der Waals surface area contributed by atoms with Gasteiger partial charge in [-0.1, -0.05) is 19.8 Å². The van der Waals surface area contributed by atoms with Crippen molar-refractivity contribution in [2.24, 2.45) is 5.73 Å². The number of nitrogens with one attached hydrogen (secondary N) is 2. The minimum absolute atomic E-state index is 0. The molecule has 0 aliphatic heterocycles. The average molecular weight is 261 g/mol. The topological polar surface area (TPSA) is 83.8 Å². The van der Waals surface area contributed by atoms with Crippen LogP contribution >= 0.6 is 12.4 Å². The third-order valence-electron chi connectivity index (χ3n) is 2.46. The summed E-state index contributed by atoms with van der Waals surface area (Å²) in [6.45, 7) is 4.45. The van der Waals surface area contributed by atoms with Gasteiger partial charge < -0.3 is 11.1 Å². The molecule has 1 aromatic heterocycles. The molecule has 0 fully saturated rings. The van der Waals surface area contributed by atoms with Crippen molar-refractivity contribution < 1.29 is 4.79 Å². The van der Waals surface area contributed by atoms with Crippen LogP contribution in [0.3, 0.4) is 0 Å². The van der Waals surface area contributed by atoms with Crippen molar-refractivity contribution in [3.05, 3.63) is 17.5 Å². The Hall–Kier alpha value is -1.07. The summed E-state index contributed by atoms with van der Waals surface area (Å²) in [5, 5.41) is 9.53. The molecule has 0 saturated carbocycles. The van der Waals surface area contributed by atoms with Crippen LogP contribution in [-0.4, -0.2) is 28.7 Å². The van der Waals surface area contributed by atoms with E-state index in [9.17, 15) is 4.79 Å². The molecule has 0 bridgehead atoms. The molecular weight excluding hydrogens is 240 g/mol. The molecule has 0 saturated heterocycles. The van der Waals surface area contributed by atoms with Crippen molar-refractivity contribution >= 4 is 18.3 Å². The molecule has 98 valence electrons. The van der Waals surface area contributed by atoms with E-state index in [0.717, 1.165) is 25.0 Å². The standard InChI is InChI=1S/C11H20N4O.ClH/c1-3-4-5-9(7-12)13-11(16)10-6-8(2)14-15-10;/h6,9H,3-5,7,12H2,1-2H3,(H,13,16)(H,14,15);1H. The SMILES string of the molecule is CCCCC(CN)NC(=O)c1cc(C)[nH]n1.Cl. The lowest BCUT2D eigenvalue weighted by Gasteiger charge is -2.15. The van der Waals surface area contributed by atoms with Crippen LogP contribution in [0, 0.1) is 6.92 Å². The average Bonchev–Trinajstić information content (AvgIpc) is 2.70. The third-order valence-corrected chi connectivity index (χ3v) is 2.46. The normalized spacial score (nSPS) is 11.7. The van der Waals surface area contributed by atoms with Gasteiger partial charge in [-0.05, 0) is 19.4 Å². The first kappa shape index (κ1) is 15.9. The summed E-state index contributed by atoms with van der Waals surface area (Å²) < 4.78 is 0. The minimum Gasteiger partial charge on any atom is -0.347 e. The lowest BCUT2D eigenvalue weighted by atomic mass is 10.1. The van der Waals surface area contributed by atoms with Gasteiger partial charge in [0.2, 0.25) is 0 Å². The first-order chi connectivity index (χ1) is 7.67. The van der Waals surface area contributed by atoms with Crippen LogP contribution in [0.1, 0.15) is 42.4 Å². The predicted octanol–water partition coefficient (Wildman–Crippen LogP) is 1.39. The molecule has 1 rings (SSSR count). The van der Waals surface area contributed by atoms with Gasteiger partial charge in [-0.2, -0.15) is 5.10 Å². The number of amides is 1. The molecule has 5 nitrogen and oxygen atoms in total. The van der Waals surface area contributed by atoms with Gasteiger partial charge in [-0.15, -0.1) is 12.4 Å². The van der Waals surface area contributed by atoms with Crippen LogP contribution in [0.25, 0.3) is 0 Å². The summed E-state index contributed by atoms with van der Waals surface area (Å²) in [7, 11) is 0. The second-order valence-corrected chi connectivity index (χ2v) is 3.98. The Kier molecular flexibility index (Phi) is 7.58. The predicted molar refractivity (Wildman–Crippen MR) is 70.4 cm³/mol. The number of H-pyrrole nitrogens is 1. The van der Waals surface area contributed by atoms with Crippen LogP contribution < -0.4 is 11.1 Å². The van der Waals surface area contributed by atoms with Crippen molar-refractivity contribution in [3.63, 3.8) is 0 Å². The minimum atomic E-state index is -0.157. The lowest BCUT2D eigenvalue weighted by Crippen LogP contribution is -2.40. The van der Waals surface area contributed by atoms with Crippen molar-refractivity contribution in [2.75, 3.05) is 6.54 Å². The highest BCUT2D eigenvalue weighted by Crippen LogP contribution is 2.02. The van der Waals surface area contributed by atoms with E-state index in [4.69, 9.17) is 5.73 Å². The van der Waals surface area contributed by atoms with Gasteiger partial charge in [0.25, 0.3) is 5.91 Å². The molecule has 1 heterocycles. The van der Waals surface area contributed by atoms with E-state index in [1.165, 1.54) is 0 Å². The number of carbonyl (C=O) groups is 1. The van der Waals surface area contributed by atoms with Gasteiger partial charge in [0.05, 0.1) is 0 Å². The molecule has 1 atom stereocenters. The Labute approximate surface area is 108 Å². The number of aromatic amines is 1. The van der Waals surface area contributed by atoms with E-state index in [1.807, 2.05) is 6.92 Å². The van der Waals surface area contributed by atoms with Gasteiger partial charge in [0, 0.05) is 18.3 Å². The largest absolute Gasteiger partial charge is 0.347 e. The fourth-order valence-corrected chi connectivity index (χ4v) is 1.49. The highest BCUT2D eigenvalue weighted by Gasteiger charge is 2.13. The second kappa shape index (κ2) is 8.08. The number of nitrogens with zero attached hydrogens (tertiary/aromatic N) is 1. The first-order valence-electron chi connectivity index (χ1n) is 5.70. The molecule has 0 aromatic carbocycles. The third kappa shape index (κ3) is 5.19. The molecule has 1 amide bonds. The molecule has 0 aliphatic carbocycles. The molecule has 0 spiro atoms. The molecule has 4 N–H and O–H groups in total. The van der Waals surface area contributed by atoms with E-state index in [-0.39, 0.29) is 24.4 Å². The van der Waals surface area contributed by atoms with E-state index < -0.39 is 0 Å². The smallest absolute Gasteiger partial charge is 0.272 e. The lowest BCUT2D eigenvalue weighted by molar-refractivity contribution is 0.0930. The summed E-state index contributed by atoms with van der Waals surface area (Å²) in [6, 6.07) is 1.77. The van der Waals surface area contributed by atoms with Crippen molar-refractivity contribution in [1.29, 1.82) is 0 Å². The van der Waals surface area contributed by atoms with Gasteiger partial charge in [0.15, 0.2) is 0 Å². The molecule has 0 radical (unpaired) electrons. The van der Waals surface area contributed by atoms with E-state index >= 15 is 0 Å². The Morgan fingerprint density at radius 3 is 2.82 bits per heavy atom. The maximum Gasteiger partial charge on any atom is 0.272 e. The molecule has 0 aliphatic rings. The number of carbonyl (C=O) groups excluding carboxylic acids is 1. The Balaban J connectivity index is 0.00000256. The van der Waals surface area contributed by atoms with Crippen molar-refractivity contribution in [2.45, 2.75) is 39.2 Å². The number of unbranched alkanes of at least 4 members (excludes halogenated alkanes) is 1. The van der Waals surface area contributed by atoms with E-state index in [2.05, 4.69) is 22.4 Å². The summed E-state index contributed by atoms with van der Waals surface area (Å²) in [5.74, 6) is -0.157. The van der Waals surface area contributed by atoms with Gasteiger partial charge in [-0.25, -0.2) is 0 Å². The highest BCUT2D eigenvalue weighted by molar-refractivity contribution is 5.92. The number of aromatic nitrogens is 2. The van der Waals surface area contributed by atoms with Gasteiger partial charge in [0.1, 0.15) is 5.69 Å². The highest BCUT2D eigenvalue weighted by atomic mass is 35.5. The maximum atomic E-state index is 11.7. The molecule has 6 heteroatoms. The second-order valence-electron chi connectivity index (χ2n) is 3.98. The molecule has 17 heavy (non-hydrogen) atoms. The van der Waals surface area contributed by atoms with E-state index in [1.54, 1.807) is 6.07 Å². The van der Waals surface area contributed by atoms with Crippen LogP contribution in [-0.2, 0) is 0 Å². The monoisotopic (exact) mass is 260 g/mol. The van der Waals surface area contributed by atoms with Crippen molar-refractivity contribution in [3.8, 4) is 0 Å². The first-order valence-corrected chi connectivity index (χ1v) is 5.70. The summed E-state index contributed by atoms with van der Waals surface area (Å²) in [6.07, 6.45) is 3.10. The maximum absolute atomic E-state index is 11.7. The number of halogens is 1. The number of rotatable bonds is 6. The molecular formula is C11H21ClN4O. The Morgan fingerprint density at radius 1 is 1.65 bits per heavy atom. The van der Waals surface area contributed by atoms with Crippen LogP contribution in [0.2, 0.25) is 0 Å². The summed E-state index contributed by atoms with van der Waals surface area (Å²) >= 11 is 0. The van der Waals surface area contributed by atoms with Crippen molar-refractivity contribution in [1.82, 2.24) is 15.5 Å². The zero-order valence-electron chi connectivity index (χ0n) is 10.3. The summed E-state index contributed by atoms with van der Waals surface area (Å²) in [4.78, 5) is 11.7. The quantitative estimate of drug-likeness (QED) is 0.723. The number of nitrogens with two attached hydrogens (primary N) is 1. The van der Waals surface area contributed by atoms with Crippen LogP contribution in [0.5, 0.6) is 0 Å². The zero-order valence-corrected chi connectivity index (χ0v) is 11.1. The Morgan fingerprint density at radius 2 is 2.35 bits per heavy atom. The zero-order chi connectivity index (χ0) is 12.0. The fourth-order valence-electron chi connectivity index (χ4n) is 1.49. The Bertz CT molecular complexity index is 340. The number of hydrogen-bond donors (Lipinski definition) is 3. The van der Waals surface area contributed by atoms with Crippen LogP contribution in [0.4, 0.5) is 0 Å². The van der Waals surface area contributed by atoms with Gasteiger partial charge in [-0.3, -0.25) is 9.89 Å². The fraction of sp³-hybridized carbons (Fsp3) is 0.636. The van der Waals surface area contributed by atoms with Crippen LogP contribution in [0.15, 0.2) is 6.07 Å². The molecule has 1 aromatic rings. The van der Waals surface area contributed by atoms with Gasteiger partial charge >= 0.3 is 0 Å². The molecule has 1 unspecified atom stereocenters. The number of hydrogen-bond acceptors (Lipinski definition) is 3. The number of aryl methyl sites for hydroxylation is 1. The summed E-state index contributed by atoms with van der Waals surface area (Å²) in [5.41, 5.74) is 6.90.